The summed E-state index contributed by atoms with van der Waals surface area (Å²) in [7, 11) is 0. The van der Waals surface area contributed by atoms with Crippen molar-refractivity contribution in [2.75, 3.05) is 5.32 Å². The Bertz CT molecular complexity index is 914. The summed E-state index contributed by atoms with van der Waals surface area (Å²) in [5.74, 6) is 1.67. The van der Waals surface area contributed by atoms with Crippen molar-refractivity contribution in [3.8, 4) is 17.5 Å². The minimum Gasteiger partial charge on any atom is -0.474 e. The Labute approximate surface area is 162 Å². The number of benzene rings is 1. The zero-order valence-electron chi connectivity index (χ0n) is 15.3. The monoisotopic (exact) mass is 380 g/mol. The Morgan fingerprint density at radius 3 is 2.57 bits per heavy atom. The van der Waals surface area contributed by atoms with Gasteiger partial charge in [0, 0.05) is 31.1 Å². The molecule has 3 aromatic rings. The summed E-state index contributed by atoms with van der Waals surface area (Å²) >= 11 is 0. The Morgan fingerprint density at radius 1 is 0.964 bits per heavy atom. The van der Waals surface area contributed by atoms with Crippen molar-refractivity contribution in [2.24, 2.45) is 0 Å². The van der Waals surface area contributed by atoms with Gasteiger partial charge in [-0.2, -0.15) is 4.98 Å². The first-order chi connectivity index (χ1) is 13.7. The average Bonchev–Trinajstić information content (AvgIpc) is 3.22. The number of rotatable bonds is 7. The molecule has 1 fully saturated rings. The van der Waals surface area contributed by atoms with Crippen molar-refractivity contribution < 1.29 is 13.9 Å². The lowest BCUT2D eigenvalue weighted by atomic mass is 10.2. The van der Waals surface area contributed by atoms with Gasteiger partial charge in [-0.25, -0.2) is 14.4 Å². The molecule has 1 aliphatic carbocycles. The van der Waals surface area contributed by atoms with Crippen LogP contribution in [0.15, 0.2) is 54.9 Å². The van der Waals surface area contributed by atoms with Crippen LogP contribution in [0.3, 0.4) is 0 Å². The van der Waals surface area contributed by atoms with E-state index >= 15 is 0 Å². The number of anilines is 1. The van der Waals surface area contributed by atoms with Gasteiger partial charge in [-0.05, 0) is 61.6 Å². The second-order valence-corrected chi connectivity index (χ2v) is 6.65. The van der Waals surface area contributed by atoms with Crippen molar-refractivity contribution in [3.05, 3.63) is 66.2 Å². The number of hydrogen-bond donors (Lipinski definition) is 1. The fourth-order valence-electron chi connectivity index (χ4n) is 3.09. The van der Waals surface area contributed by atoms with Crippen molar-refractivity contribution in [2.45, 2.75) is 38.3 Å². The second-order valence-electron chi connectivity index (χ2n) is 6.65. The summed E-state index contributed by atoms with van der Waals surface area (Å²) in [6.07, 6.45) is 8.27. The van der Waals surface area contributed by atoms with Gasteiger partial charge in [-0.3, -0.25) is 0 Å². The van der Waals surface area contributed by atoms with E-state index in [1.54, 1.807) is 30.6 Å². The summed E-state index contributed by atoms with van der Waals surface area (Å²) in [6.45, 7) is 0.531. The molecular formula is C21H21FN4O2. The van der Waals surface area contributed by atoms with E-state index in [4.69, 9.17) is 9.47 Å². The van der Waals surface area contributed by atoms with E-state index in [1.807, 2.05) is 12.1 Å². The minimum absolute atomic E-state index is 0.277. The summed E-state index contributed by atoms with van der Waals surface area (Å²) in [4.78, 5) is 12.8. The molecule has 1 saturated carbocycles. The number of nitrogens with one attached hydrogen (secondary N) is 1. The fourth-order valence-corrected chi connectivity index (χ4v) is 3.09. The highest BCUT2D eigenvalue weighted by atomic mass is 19.1. The third-order valence-electron chi connectivity index (χ3n) is 4.51. The standard InChI is InChI=1S/C21H21FN4O2/c22-16-5-7-18(8-6-16)27-19-10-12-24-21(26-19)25-14-15-9-11-23-20(13-15)28-17-3-1-2-4-17/h5-13,17H,1-4,14H2,(H,24,25,26). The number of halogens is 1. The predicted octanol–water partition coefficient (Wildman–Crippen LogP) is 4.74. The Hall–Kier alpha value is -3.22. The van der Waals surface area contributed by atoms with Gasteiger partial charge < -0.3 is 14.8 Å². The molecule has 0 aliphatic heterocycles. The van der Waals surface area contributed by atoms with Gasteiger partial charge in [0.1, 0.15) is 17.7 Å². The van der Waals surface area contributed by atoms with Gasteiger partial charge in [0.25, 0.3) is 0 Å². The van der Waals surface area contributed by atoms with Crippen molar-refractivity contribution >= 4 is 5.95 Å². The Kier molecular flexibility index (Phi) is 5.61. The van der Waals surface area contributed by atoms with Crippen molar-refractivity contribution in [1.82, 2.24) is 15.0 Å². The number of nitrogens with zero attached hydrogens (tertiary/aromatic N) is 3. The molecule has 28 heavy (non-hydrogen) atoms. The summed E-state index contributed by atoms with van der Waals surface area (Å²) in [5, 5.41) is 3.17. The number of hydrogen-bond acceptors (Lipinski definition) is 6. The molecule has 0 amide bonds. The van der Waals surface area contributed by atoms with Gasteiger partial charge >= 0.3 is 0 Å². The van der Waals surface area contributed by atoms with Crippen LogP contribution in [0.1, 0.15) is 31.2 Å². The molecule has 4 rings (SSSR count). The van der Waals surface area contributed by atoms with Crippen LogP contribution in [-0.2, 0) is 6.54 Å². The minimum atomic E-state index is -0.314. The second kappa shape index (κ2) is 8.65. The van der Waals surface area contributed by atoms with Crippen LogP contribution >= 0.6 is 0 Å². The third kappa shape index (κ3) is 4.94. The predicted molar refractivity (Wildman–Crippen MR) is 103 cm³/mol. The van der Waals surface area contributed by atoms with Gasteiger partial charge in [-0.1, -0.05) is 0 Å². The zero-order chi connectivity index (χ0) is 19.2. The topological polar surface area (TPSA) is 69.2 Å². The molecule has 144 valence electrons. The first-order valence-corrected chi connectivity index (χ1v) is 9.36. The number of ether oxygens (including phenoxy) is 2. The van der Waals surface area contributed by atoms with Crippen LogP contribution < -0.4 is 14.8 Å². The summed E-state index contributed by atoms with van der Waals surface area (Å²) in [6, 6.07) is 11.3. The van der Waals surface area contributed by atoms with Gasteiger partial charge in [0.05, 0.1) is 0 Å². The van der Waals surface area contributed by atoms with Gasteiger partial charge in [0.15, 0.2) is 0 Å². The van der Waals surface area contributed by atoms with E-state index in [0.717, 1.165) is 18.4 Å². The molecule has 6 nitrogen and oxygen atoms in total. The molecule has 0 unspecified atom stereocenters. The average molecular weight is 380 g/mol. The van der Waals surface area contributed by atoms with Crippen LogP contribution in [0.4, 0.5) is 10.3 Å². The maximum atomic E-state index is 13.0. The zero-order valence-corrected chi connectivity index (χ0v) is 15.3. The maximum absolute atomic E-state index is 13.0. The number of aromatic nitrogens is 3. The largest absolute Gasteiger partial charge is 0.474 e. The van der Waals surface area contributed by atoms with Crippen molar-refractivity contribution in [1.29, 1.82) is 0 Å². The van der Waals surface area contributed by atoms with Crippen molar-refractivity contribution in [3.63, 3.8) is 0 Å². The molecule has 1 aromatic carbocycles. The third-order valence-corrected chi connectivity index (χ3v) is 4.51. The highest BCUT2D eigenvalue weighted by Crippen LogP contribution is 2.24. The smallest absolute Gasteiger partial charge is 0.226 e. The molecule has 7 heteroatoms. The molecule has 0 atom stereocenters. The molecular weight excluding hydrogens is 359 g/mol. The normalized spacial score (nSPS) is 14.0. The van der Waals surface area contributed by atoms with E-state index in [0.29, 0.717) is 30.0 Å². The summed E-state index contributed by atoms with van der Waals surface area (Å²) < 4.78 is 24.6. The molecule has 0 spiro atoms. The molecule has 2 heterocycles. The van der Waals surface area contributed by atoms with E-state index in [9.17, 15) is 4.39 Å². The van der Waals surface area contributed by atoms with Gasteiger partial charge in [0.2, 0.25) is 17.7 Å². The van der Waals surface area contributed by atoms with E-state index in [1.165, 1.54) is 25.0 Å². The molecule has 0 bridgehead atoms. The lowest BCUT2D eigenvalue weighted by Gasteiger charge is -2.13. The van der Waals surface area contributed by atoms with Crippen LogP contribution in [0.2, 0.25) is 0 Å². The van der Waals surface area contributed by atoms with Crippen LogP contribution in [0.5, 0.6) is 17.5 Å². The van der Waals surface area contributed by atoms with Gasteiger partial charge in [-0.15, -0.1) is 0 Å². The summed E-state index contributed by atoms with van der Waals surface area (Å²) in [5.41, 5.74) is 1.02. The Morgan fingerprint density at radius 2 is 1.75 bits per heavy atom. The van der Waals surface area contributed by atoms with Crippen LogP contribution in [0.25, 0.3) is 0 Å². The first kappa shape index (κ1) is 18.2. The van der Waals surface area contributed by atoms with E-state index < -0.39 is 0 Å². The number of pyridine rings is 1. The van der Waals surface area contributed by atoms with E-state index in [-0.39, 0.29) is 11.9 Å². The molecule has 0 radical (unpaired) electrons. The van der Waals surface area contributed by atoms with E-state index in [2.05, 4.69) is 20.3 Å². The van der Waals surface area contributed by atoms with Crippen LogP contribution in [-0.4, -0.2) is 21.1 Å². The quantitative estimate of drug-likeness (QED) is 0.639. The molecule has 0 saturated heterocycles. The SMILES string of the molecule is Fc1ccc(Oc2ccnc(NCc3ccnc(OC4CCCC4)c3)n2)cc1. The lowest BCUT2D eigenvalue weighted by Crippen LogP contribution is -2.12. The maximum Gasteiger partial charge on any atom is 0.226 e. The Balaban J connectivity index is 1.36. The molecule has 2 aromatic heterocycles. The molecule has 1 N–H and O–H groups in total. The molecule has 1 aliphatic rings. The first-order valence-electron chi connectivity index (χ1n) is 9.36. The highest BCUT2D eigenvalue weighted by Gasteiger charge is 2.17. The highest BCUT2D eigenvalue weighted by molar-refractivity contribution is 5.33. The van der Waals surface area contributed by atoms with Crippen LogP contribution in [0, 0.1) is 5.82 Å². The fraction of sp³-hybridized carbons (Fsp3) is 0.286. The lowest BCUT2D eigenvalue weighted by molar-refractivity contribution is 0.201.